The van der Waals surface area contributed by atoms with Gasteiger partial charge in [-0.05, 0) is 56.2 Å². The lowest BCUT2D eigenvalue weighted by atomic mass is 9.78. The summed E-state index contributed by atoms with van der Waals surface area (Å²) < 4.78 is 83.0. The zero-order valence-corrected chi connectivity index (χ0v) is 20.4. The number of rotatable bonds is 6. The average Bonchev–Trinajstić information content (AvgIpc) is 3.73. The van der Waals surface area contributed by atoms with Gasteiger partial charge in [-0.15, -0.1) is 0 Å². The molecule has 2 unspecified atom stereocenters. The van der Waals surface area contributed by atoms with E-state index in [1.54, 1.807) is 0 Å². The highest BCUT2D eigenvalue weighted by Crippen LogP contribution is 2.40. The van der Waals surface area contributed by atoms with Gasteiger partial charge in [0.05, 0.1) is 18.6 Å². The molecule has 1 aliphatic heterocycles. The predicted molar refractivity (Wildman–Crippen MR) is 128 cm³/mol. The van der Waals surface area contributed by atoms with Crippen molar-refractivity contribution in [1.82, 2.24) is 0 Å². The molecule has 3 aromatic carbocycles. The summed E-state index contributed by atoms with van der Waals surface area (Å²) in [5.41, 5.74) is -0.264. The van der Waals surface area contributed by atoms with E-state index >= 15 is 0 Å². The third-order valence-corrected chi connectivity index (χ3v) is 7.33. The highest BCUT2D eigenvalue weighted by molar-refractivity contribution is 5.76. The Morgan fingerprint density at radius 1 is 0.868 bits per heavy atom. The first-order valence-electron chi connectivity index (χ1n) is 12.4. The standard InChI is InChI=1S/C29H25F5O4/c1-14(35)18-8-9-19(26(32)25(18)31)15-2-4-16(5-3-15)29(36)38-17-6-7-20(23(30)12-17)21-10-11-22(24-13-37-24)28(34)27(21)33/h6-12,14-16,24,35H,2-5,13H2,1H3. The van der Waals surface area contributed by atoms with E-state index in [1.165, 1.54) is 43.3 Å². The van der Waals surface area contributed by atoms with E-state index in [2.05, 4.69) is 0 Å². The van der Waals surface area contributed by atoms with Gasteiger partial charge in [-0.2, -0.15) is 0 Å². The number of hydrogen-bond acceptors (Lipinski definition) is 4. The van der Waals surface area contributed by atoms with Gasteiger partial charge >= 0.3 is 5.97 Å². The van der Waals surface area contributed by atoms with Crippen LogP contribution in [0, 0.1) is 35.0 Å². The topological polar surface area (TPSA) is 59.1 Å². The minimum atomic E-state index is -1.18. The number of carbonyl (C=O) groups is 1. The van der Waals surface area contributed by atoms with Gasteiger partial charge in [-0.25, -0.2) is 22.0 Å². The number of carbonyl (C=O) groups excluding carboxylic acids is 1. The molecule has 1 saturated heterocycles. The normalized spacial score (nSPS) is 21.7. The maximum absolute atomic E-state index is 14.8. The molecule has 0 spiro atoms. The van der Waals surface area contributed by atoms with Crippen molar-refractivity contribution in [3.8, 4) is 16.9 Å². The first-order chi connectivity index (χ1) is 18.2. The van der Waals surface area contributed by atoms with E-state index in [-0.39, 0.29) is 39.5 Å². The summed E-state index contributed by atoms with van der Waals surface area (Å²) in [5.74, 6) is -6.68. The van der Waals surface area contributed by atoms with Gasteiger partial charge in [0.1, 0.15) is 17.7 Å². The molecule has 2 fully saturated rings. The van der Waals surface area contributed by atoms with Crippen LogP contribution in [-0.4, -0.2) is 17.7 Å². The van der Waals surface area contributed by atoms with Gasteiger partial charge < -0.3 is 14.6 Å². The summed E-state index contributed by atoms with van der Waals surface area (Å²) in [6.07, 6.45) is -0.0495. The fourth-order valence-electron chi connectivity index (χ4n) is 5.08. The fourth-order valence-corrected chi connectivity index (χ4v) is 5.08. The Morgan fingerprint density at radius 2 is 1.50 bits per heavy atom. The molecule has 1 saturated carbocycles. The number of esters is 1. The van der Waals surface area contributed by atoms with Gasteiger partial charge in [-0.3, -0.25) is 4.79 Å². The van der Waals surface area contributed by atoms with Crippen LogP contribution in [0.5, 0.6) is 5.75 Å². The number of ether oxygens (including phenoxy) is 2. The van der Waals surface area contributed by atoms with Crippen LogP contribution in [0.2, 0.25) is 0 Å². The lowest BCUT2D eigenvalue weighted by Crippen LogP contribution is -2.25. The van der Waals surface area contributed by atoms with Crippen molar-refractivity contribution >= 4 is 5.97 Å². The maximum Gasteiger partial charge on any atom is 0.314 e. The number of aliphatic hydroxyl groups is 1. The highest BCUT2D eigenvalue weighted by Gasteiger charge is 2.32. The third-order valence-electron chi connectivity index (χ3n) is 7.33. The number of aliphatic hydroxyl groups excluding tert-OH is 1. The largest absolute Gasteiger partial charge is 0.426 e. The molecule has 0 radical (unpaired) electrons. The minimum Gasteiger partial charge on any atom is -0.426 e. The van der Waals surface area contributed by atoms with E-state index in [1.807, 2.05) is 0 Å². The predicted octanol–water partition coefficient (Wildman–Crippen LogP) is 7.05. The monoisotopic (exact) mass is 532 g/mol. The van der Waals surface area contributed by atoms with Crippen LogP contribution < -0.4 is 4.74 Å². The van der Waals surface area contributed by atoms with Gasteiger partial charge in [0.2, 0.25) is 0 Å². The molecule has 0 amide bonds. The zero-order valence-electron chi connectivity index (χ0n) is 20.4. The highest BCUT2D eigenvalue weighted by atomic mass is 19.2. The Kier molecular flexibility index (Phi) is 7.24. The third kappa shape index (κ3) is 5.05. The quantitative estimate of drug-likeness (QED) is 0.160. The van der Waals surface area contributed by atoms with Gasteiger partial charge in [-0.1, -0.05) is 24.3 Å². The van der Waals surface area contributed by atoms with Crippen molar-refractivity contribution < 1.29 is 41.3 Å². The Balaban J connectivity index is 1.23. The number of hydrogen-bond donors (Lipinski definition) is 1. The van der Waals surface area contributed by atoms with Crippen molar-refractivity contribution in [2.45, 2.75) is 50.7 Å². The van der Waals surface area contributed by atoms with Crippen LogP contribution in [0.1, 0.15) is 67.4 Å². The molecule has 0 bridgehead atoms. The maximum atomic E-state index is 14.8. The molecule has 9 heteroatoms. The molecule has 1 N–H and O–H groups in total. The lowest BCUT2D eigenvalue weighted by molar-refractivity contribution is -0.140. The summed E-state index contributed by atoms with van der Waals surface area (Å²) in [7, 11) is 0. The van der Waals surface area contributed by atoms with Crippen LogP contribution >= 0.6 is 0 Å². The molecule has 4 nitrogen and oxygen atoms in total. The zero-order chi connectivity index (χ0) is 27.1. The minimum absolute atomic E-state index is 0.0796. The van der Waals surface area contributed by atoms with Gasteiger partial charge in [0, 0.05) is 28.3 Å². The van der Waals surface area contributed by atoms with E-state index < -0.39 is 53.2 Å². The summed E-state index contributed by atoms with van der Waals surface area (Å²) in [4.78, 5) is 12.7. The molecule has 38 heavy (non-hydrogen) atoms. The van der Waals surface area contributed by atoms with Crippen molar-refractivity contribution in [3.05, 3.63) is 88.2 Å². The van der Waals surface area contributed by atoms with Crippen molar-refractivity contribution in [2.75, 3.05) is 6.61 Å². The SMILES string of the molecule is CC(O)c1ccc(C2CCC(C(=O)Oc3ccc(-c4ccc(C5CO5)c(F)c4F)c(F)c3)CC2)c(F)c1F. The molecule has 200 valence electrons. The first kappa shape index (κ1) is 26.3. The summed E-state index contributed by atoms with van der Waals surface area (Å²) >= 11 is 0. The van der Waals surface area contributed by atoms with Crippen LogP contribution in [0.15, 0.2) is 42.5 Å². The Labute approximate surface area is 216 Å². The Bertz CT molecular complexity index is 1380. The van der Waals surface area contributed by atoms with Crippen molar-refractivity contribution in [1.29, 1.82) is 0 Å². The lowest BCUT2D eigenvalue weighted by Gasteiger charge is -2.28. The fraction of sp³-hybridized carbons (Fsp3) is 0.345. The molecule has 3 aromatic rings. The second kappa shape index (κ2) is 10.5. The molecular formula is C29H25F5O4. The van der Waals surface area contributed by atoms with Crippen LogP contribution in [-0.2, 0) is 9.53 Å². The van der Waals surface area contributed by atoms with E-state index in [9.17, 15) is 31.9 Å². The number of epoxide rings is 1. The average molecular weight is 533 g/mol. The van der Waals surface area contributed by atoms with Crippen LogP contribution in [0.3, 0.4) is 0 Å². The molecule has 5 rings (SSSR count). The van der Waals surface area contributed by atoms with Crippen molar-refractivity contribution in [3.63, 3.8) is 0 Å². The van der Waals surface area contributed by atoms with E-state index in [0.29, 0.717) is 32.3 Å². The number of halogens is 5. The van der Waals surface area contributed by atoms with E-state index in [0.717, 1.165) is 6.07 Å². The molecule has 0 aromatic heterocycles. The Morgan fingerprint density at radius 3 is 2.13 bits per heavy atom. The van der Waals surface area contributed by atoms with Crippen LogP contribution in [0.25, 0.3) is 11.1 Å². The van der Waals surface area contributed by atoms with Gasteiger partial charge in [0.25, 0.3) is 0 Å². The Hall–Kier alpha value is -3.30. The second-order valence-corrected chi connectivity index (χ2v) is 9.81. The van der Waals surface area contributed by atoms with Crippen LogP contribution in [0.4, 0.5) is 22.0 Å². The molecular weight excluding hydrogens is 507 g/mol. The van der Waals surface area contributed by atoms with E-state index in [4.69, 9.17) is 9.47 Å². The van der Waals surface area contributed by atoms with Crippen molar-refractivity contribution in [2.24, 2.45) is 5.92 Å². The molecule has 1 aliphatic carbocycles. The summed E-state index contributed by atoms with van der Waals surface area (Å²) in [6.45, 7) is 1.66. The number of benzene rings is 3. The molecule has 2 aliphatic rings. The summed E-state index contributed by atoms with van der Waals surface area (Å²) in [5, 5.41) is 9.57. The molecule has 1 heterocycles. The summed E-state index contributed by atoms with van der Waals surface area (Å²) in [6, 6.07) is 8.94. The van der Waals surface area contributed by atoms with Gasteiger partial charge in [0.15, 0.2) is 23.3 Å². The molecule has 2 atom stereocenters. The smallest absolute Gasteiger partial charge is 0.314 e. The second-order valence-electron chi connectivity index (χ2n) is 9.81. The first-order valence-corrected chi connectivity index (χ1v) is 12.4.